The van der Waals surface area contributed by atoms with Gasteiger partial charge in [-0.2, -0.15) is 0 Å². The van der Waals surface area contributed by atoms with Crippen LogP contribution < -0.4 is 0 Å². The van der Waals surface area contributed by atoms with Crippen molar-refractivity contribution in [1.82, 2.24) is 9.88 Å². The van der Waals surface area contributed by atoms with Crippen molar-refractivity contribution in [2.45, 2.75) is 32.9 Å². The quantitative estimate of drug-likeness (QED) is 0.828. The summed E-state index contributed by atoms with van der Waals surface area (Å²) in [5.74, 6) is 0. The van der Waals surface area contributed by atoms with Gasteiger partial charge in [-0.15, -0.1) is 11.3 Å². The zero-order chi connectivity index (χ0) is 10.8. The molecule has 0 saturated heterocycles. The molecule has 0 bridgehead atoms. The summed E-state index contributed by atoms with van der Waals surface area (Å²) in [7, 11) is 1.99. The molecule has 1 heterocycles. The third-order valence-electron chi connectivity index (χ3n) is 1.73. The van der Waals surface area contributed by atoms with E-state index < -0.39 is 5.60 Å². The predicted molar refractivity (Wildman–Crippen MR) is 59.5 cm³/mol. The SMILES string of the molecule is Cc1csc(CN(C)CC(C)(C)O)n1. The van der Waals surface area contributed by atoms with Crippen LogP contribution in [0.2, 0.25) is 0 Å². The van der Waals surface area contributed by atoms with Crippen molar-refractivity contribution in [1.29, 1.82) is 0 Å². The van der Waals surface area contributed by atoms with E-state index in [0.717, 1.165) is 17.2 Å². The minimum absolute atomic E-state index is 0.638. The zero-order valence-corrected chi connectivity index (χ0v) is 10.1. The van der Waals surface area contributed by atoms with E-state index in [2.05, 4.69) is 9.88 Å². The third kappa shape index (κ3) is 4.17. The minimum Gasteiger partial charge on any atom is -0.389 e. The second kappa shape index (κ2) is 4.38. The van der Waals surface area contributed by atoms with Crippen LogP contribution in [0.3, 0.4) is 0 Å². The van der Waals surface area contributed by atoms with Gasteiger partial charge in [-0.1, -0.05) is 0 Å². The van der Waals surface area contributed by atoms with Crippen molar-refractivity contribution >= 4 is 11.3 Å². The van der Waals surface area contributed by atoms with Gasteiger partial charge in [-0.3, -0.25) is 4.90 Å². The minimum atomic E-state index is -0.638. The molecule has 14 heavy (non-hydrogen) atoms. The standard InChI is InChI=1S/C10H18N2OS/c1-8-6-14-9(11-8)5-12(4)7-10(2,3)13/h6,13H,5,7H2,1-4H3. The summed E-state index contributed by atoms with van der Waals surface area (Å²) in [4.78, 5) is 6.46. The maximum Gasteiger partial charge on any atom is 0.107 e. The van der Waals surface area contributed by atoms with Gasteiger partial charge in [-0.05, 0) is 27.8 Å². The molecule has 0 atom stereocenters. The molecule has 1 N–H and O–H groups in total. The molecule has 0 aliphatic rings. The van der Waals surface area contributed by atoms with Crippen LogP contribution in [0.1, 0.15) is 24.5 Å². The predicted octanol–water partition coefficient (Wildman–Crippen LogP) is 1.65. The Hall–Kier alpha value is -0.450. The number of thiazole rings is 1. The van der Waals surface area contributed by atoms with Gasteiger partial charge in [0.1, 0.15) is 5.01 Å². The molecular formula is C10H18N2OS. The first-order valence-electron chi connectivity index (χ1n) is 4.69. The highest BCUT2D eigenvalue weighted by atomic mass is 32.1. The number of nitrogens with zero attached hydrogens (tertiary/aromatic N) is 2. The third-order valence-corrected chi connectivity index (χ3v) is 2.68. The second-order valence-electron chi connectivity index (χ2n) is 4.37. The monoisotopic (exact) mass is 214 g/mol. The fraction of sp³-hybridized carbons (Fsp3) is 0.700. The van der Waals surface area contributed by atoms with Gasteiger partial charge in [0.2, 0.25) is 0 Å². The Kier molecular flexibility index (Phi) is 3.64. The summed E-state index contributed by atoms with van der Waals surface area (Å²) in [6.45, 7) is 7.09. The van der Waals surface area contributed by atoms with Crippen molar-refractivity contribution in [3.63, 3.8) is 0 Å². The van der Waals surface area contributed by atoms with Crippen molar-refractivity contribution in [2.75, 3.05) is 13.6 Å². The lowest BCUT2D eigenvalue weighted by Gasteiger charge is -2.24. The number of aromatic nitrogens is 1. The van der Waals surface area contributed by atoms with Gasteiger partial charge < -0.3 is 5.11 Å². The summed E-state index contributed by atoms with van der Waals surface area (Å²) in [6.07, 6.45) is 0. The summed E-state index contributed by atoms with van der Waals surface area (Å²) in [5.41, 5.74) is 0.433. The molecule has 1 aromatic rings. The van der Waals surface area contributed by atoms with Crippen LogP contribution in [0.15, 0.2) is 5.38 Å². The lowest BCUT2D eigenvalue weighted by molar-refractivity contribution is 0.0424. The van der Waals surface area contributed by atoms with Crippen LogP contribution in [-0.4, -0.2) is 34.2 Å². The Morgan fingerprint density at radius 1 is 1.57 bits per heavy atom. The number of hydrogen-bond donors (Lipinski definition) is 1. The van der Waals surface area contributed by atoms with Crippen molar-refractivity contribution in [3.8, 4) is 0 Å². The van der Waals surface area contributed by atoms with Crippen molar-refractivity contribution in [2.24, 2.45) is 0 Å². The molecule has 0 amide bonds. The molecule has 0 aromatic carbocycles. The van der Waals surface area contributed by atoms with E-state index >= 15 is 0 Å². The summed E-state index contributed by atoms with van der Waals surface area (Å²) in [5, 5.41) is 12.8. The second-order valence-corrected chi connectivity index (χ2v) is 5.31. The molecule has 0 radical (unpaired) electrons. The fourth-order valence-electron chi connectivity index (χ4n) is 1.42. The van der Waals surface area contributed by atoms with Gasteiger partial charge in [0.05, 0.1) is 12.1 Å². The van der Waals surface area contributed by atoms with Gasteiger partial charge in [0, 0.05) is 17.6 Å². The lowest BCUT2D eigenvalue weighted by atomic mass is 10.1. The van der Waals surface area contributed by atoms with Crippen LogP contribution >= 0.6 is 11.3 Å². The van der Waals surface area contributed by atoms with Crippen molar-refractivity contribution in [3.05, 3.63) is 16.1 Å². The number of rotatable bonds is 4. The van der Waals surface area contributed by atoms with Gasteiger partial charge in [0.15, 0.2) is 0 Å². The number of hydrogen-bond acceptors (Lipinski definition) is 4. The van der Waals surface area contributed by atoms with Crippen LogP contribution in [0.4, 0.5) is 0 Å². The average Bonchev–Trinajstić information content (AvgIpc) is 2.30. The Labute approximate surface area is 89.4 Å². The normalized spacial score (nSPS) is 12.4. The average molecular weight is 214 g/mol. The highest BCUT2D eigenvalue weighted by molar-refractivity contribution is 7.09. The first kappa shape index (κ1) is 11.6. The molecule has 0 unspecified atom stereocenters. The number of aryl methyl sites for hydroxylation is 1. The lowest BCUT2D eigenvalue weighted by Crippen LogP contribution is -2.35. The van der Waals surface area contributed by atoms with E-state index in [1.165, 1.54) is 0 Å². The Balaban J connectivity index is 2.45. The van der Waals surface area contributed by atoms with Crippen LogP contribution in [0.25, 0.3) is 0 Å². The summed E-state index contributed by atoms with van der Waals surface area (Å²) >= 11 is 1.67. The molecule has 0 spiro atoms. The van der Waals surface area contributed by atoms with E-state index in [1.54, 1.807) is 11.3 Å². The van der Waals surface area contributed by atoms with Crippen LogP contribution in [-0.2, 0) is 6.54 Å². The highest BCUT2D eigenvalue weighted by Gasteiger charge is 2.16. The molecule has 0 fully saturated rings. The van der Waals surface area contributed by atoms with Crippen LogP contribution in [0.5, 0.6) is 0 Å². The van der Waals surface area contributed by atoms with E-state index in [-0.39, 0.29) is 0 Å². The van der Waals surface area contributed by atoms with E-state index in [9.17, 15) is 5.11 Å². The topological polar surface area (TPSA) is 36.4 Å². The Bertz CT molecular complexity index is 291. The smallest absolute Gasteiger partial charge is 0.107 e. The highest BCUT2D eigenvalue weighted by Crippen LogP contribution is 2.12. The molecule has 3 nitrogen and oxygen atoms in total. The number of likely N-dealkylation sites (N-methyl/N-ethyl adjacent to an activating group) is 1. The van der Waals surface area contributed by atoms with Crippen molar-refractivity contribution < 1.29 is 5.11 Å². The Morgan fingerprint density at radius 2 is 2.21 bits per heavy atom. The zero-order valence-electron chi connectivity index (χ0n) is 9.24. The van der Waals surface area contributed by atoms with Gasteiger partial charge in [-0.25, -0.2) is 4.98 Å². The largest absolute Gasteiger partial charge is 0.389 e. The van der Waals surface area contributed by atoms with E-state index in [4.69, 9.17) is 0 Å². The van der Waals surface area contributed by atoms with E-state index in [1.807, 2.05) is 33.2 Å². The molecule has 1 rings (SSSR count). The molecule has 80 valence electrons. The molecule has 0 saturated carbocycles. The molecule has 0 aliphatic heterocycles. The van der Waals surface area contributed by atoms with Gasteiger partial charge >= 0.3 is 0 Å². The summed E-state index contributed by atoms with van der Waals surface area (Å²) in [6, 6.07) is 0. The van der Waals surface area contributed by atoms with Crippen LogP contribution in [0, 0.1) is 6.92 Å². The molecular weight excluding hydrogens is 196 g/mol. The summed E-state index contributed by atoms with van der Waals surface area (Å²) < 4.78 is 0. The molecule has 4 heteroatoms. The maximum atomic E-state index is 9.61. The number of aliphatic hydroxyl groups is 1. The Morgan fingerprint density at radius 3 is 2.64 bits per heavy atom. The maximum absolute atomic E-state index is 9.61. The fourth-order valence-corrected chi connectivity index (χ4v) is 2.27. The first-order chi connectivity index (χ1) is 6.37. The first-order valence-corrected chi connectivity index (χ1v) is 5.57. The van der Waals surface area contributed by atoms with Gasteiger partial charge in [0.25, 0.3) is 0 Å². The molecule has 1 aromatic heterocycles. The molecule has 0 aliphatic carbocycles. The van der Waals surface area contributed by atoms with E-state index in [0.29, 0.717) is 6.54 Å².